The van der Waals surface area contributed by atoms with Crippen LogP contribution >= 0.6 is 34.4 Å². The fraction of sp³-hybridized carbons (Fsp3) is 0.353. The van der Waals surface area contributed by atoms with Gasteiger partial charge >= 0.3 is 0 Å². The molecule has 1 saturated carbocycles. The molecule has 0 bridgehead atoms. The van der Waals surface area contributed by atoms with Gasteiger partial charge in [0.1, 0.15) is 6.33 Å². The number of halogens is 1. The van der Waals surface area contributed by atoms with Crippen LogP contribution in [0.4, 0.5) is 5.82 Å². The summed E-state index contributed by atoms with van der Waals surface area (Å²) >= 11 is 3.66. The average Bonchev–Trinajstić information content (AvgIpc) is 3.39. The molecular weight excluding hydrogens is 543 g/mol. The van der Waals surface area contributed by atoms with E-state index < -0.39 is 10.0 Å². The maximum absolute atomic E-state index is 12.2. The van der Waals surface area contributed by atoms with Crippen molar-refractivity contribution in [3.8, 4) is 11.5 Å². The molecule has 158 valence electrons. The van der Waals surface area contributed by atoms with E-state index in [1.165, 1.54) is 18.1 Å². The summed E-state index contributed by atoms with van der Waals surface area (Å²) in [6, 6.07) is 3.82. The van der Waals surface area contributed by atoms with Gasteiger partial charge in [0.15, 0.2) is 33.6 Å². The molecule has 5 rings (SSSR count). The molecule has 0 unspecified atom stereocenters. The first-order valence-electron chi connectivity index (χ1n) is 9.14. The van der Waals surface area contributed by atoms with Gasteiger partial charge in [-0.25, -0.2) is 28.1 Å². The van der Waals surface area contributed by atoms with Crippen molar-refractivity contribution in [2.24, 2.45) is 0 Å². The second-order valence-corrected chi connectivity index (χ2v) is 11.1. The van der Waals surface area contributed by atoms with Gasteiger partial charge in [-0.1, -0.05) is 11.8 Å². The monoisotopic (exact) mass is 560 g/mol. The van der Waals surface area contributed by atoms with Crippen LogP contribution in [0.15, 0.2) is 28.5 Å². The van der Waals surface area contributed by atoms with Gasteiger partial charge in [0, 0.05) is 21.6 Å². The maximum Gasteiger partial charge on any atom is 0.231 e. The van der Waals surface area contributed by atoms with Gasteiger partial charge in [0.25, 0.3) is 0 Å². The molecule has 1 aromatic carbocycles. The summed E-state index contributed by atoms with van der Waals surface area (Å²) in [6.45, 7) is 0.799. The smallest absolute Gasteiger partial charge is 0.231 e. The summed E-state index contributed by atoms with van der Waals surface area (Å²) in [5.74, 6) is 1.67. The number of imidazole rings is 1. The average molecular weight is 560 g/mol. The summed E-state index contributed by atoms with van der Waals surface area (Å²) < 4.78 is 40.7. The van der Waals surface area contributed by atoms with Crippen molar-refractivity contribution in [2.75, 3.05) is 19.1 Å². The summed E-state index contributed by atoms with van der Waals surface area (Å²) in [6.07, 6.45) is 2.82. The lowest BCUT2D eigenvalue weighted by Gasteiger charge is -2.11. The van der Waals surface area contributed by atoms with Crippen LogP contribution in [0, 0.1) is 3.57 Å². The van der Waals surface area contributed by atoms with Gasteiger partial charge in [-0.2, -0.15) is 0 Å². The zero-order valence-electron chi connectivity index (χ0n) is 15.5. The zero-order valence-corrected chi connectivity index (χ0v) is 19.3. The lowest BCUT2D eigenvalue weighted by Crippen LogP contribution is -2.30. The molecule has 0 saturated heterocycles. The second-order valence-electron chi connectivity index (χ2n) is 6.85. The summed E-state index contributed by atoms with van der Waals surface area (Å²) in [5.41, 5.74) is 7.04. The fourth-order valence-electron chi connectivity index (χ4n) is 3.08. The number of nitrogens with zero attached hydrogens (tertiary/aromatic N) is 4. The van der Waals surface area contributed by atoms with Crippen molar-refractivity contribution >= 4 is 61.4 Å². The zero-order chi connectivity index (χ0) is 20.9. The van der Waals surface area contributed by atoms with Crippen LogP contribution in [0.5, 0.6) is 11.5 Å². The van der Waals surface area contributed by atoms with E-state index in [0.29, 0.717) is 34.4 Å². The standard InChI is InChI=1S/C17H17IN6O4S2/c18-10-5-11-12(28-8-27-11)6-13(10)29-17-23-14-15(19)20-7-21-16(14)24(17)4-3-22-30(25,26)9-1-2-9/h5-7,9,22H,1-4,8H2,(H2,19,20,21). The number of hydrogen-bond acceptors (Lipinski definition) is 9. The number of nitrogen functional groups attached to an aromatic ring is 1. The molecule has 13 heteroatoms. The molecule has 2 aliphatic rings. The van der Waals surface area contributed by atoms with E-state index in [4.69, 9.17) is 15.2 Å². The predicted octanol–water partition coefficient (Wildman–Crippen LogP) is 1.97. The summed E-state index contributed by atoms with van der Waals surface area (Å²) in [5, 5.41) is 0.374. The highest BCUT2D eigenvalue weighted by Crippen LogP contribution is 2.41. The van der Waals surface area contributed by atoms with Gasteiger partial charge in [-0.3, -0.25) is 0 Å². The van der Waals surface area contributed by atoms with Gasteiger partial charge in [-0.15, -0.1) is 0 Å². The molecule has 3 N–H and O–H groups in total. The molecule has 0 radical (unpaired) electrons. The van der Waals surface area contributed by atoms with Crippen molar-refractivity contribution in [3.63, 3.8) is 0 Å². The Morgan fingerprint density at radius 1 is 1.27 bits per heavy atom. The topological polar surface area (TPSA) is 134 Å². The number of benzene rings is 1. The first-order chi connectivity index (χ1) is 14.4. The van der Waals surface area contributed by atoms with Crippen LogP contribution in [0.1, 0.15) is 12.8 Å². The Morgan fingerprint density at radius 2 is 2.03 bits per heavy atom. The minimum Gasteiger partial charge on any atom is -0.454 e. The van der Waals surface area contributed by atoms with Crippen LogP contribution in [-0.4, -0.2) is 46.5 Å². The Balaban J connectivity index is 1.47. The fourth-order valence-corrected chi connectivity index (χ4v) is 6.17. The minimum absolute atomic E-state index is 0.200. The minimum atomic E-state index is -3.27. The van der Waals surface area contributed by atoms with Crippen molar-refractivity contribution in [3.05, 3.63) is 22.0 Å². The number of hydrogen-bond donors (Lipinski definition) is 2. The molecule has 2 aromatic heterocycles. The molecule has 0 atom stereocenters. The van der Waals surface area contributed by atoms with Crippen LogP contribution in [0.3, 0.4) is 0 Å². The van der Waals surface area contributed by atoms with E-state index in [2.05, 4.69) is 42.3 Å². The van der Waals surface area contributed by atoms with Gasteiger partial charge < -0.3 is 19.8 Å². The van der Waals surface area contributed by atoms with E-state index >= 15 is 0 Å². The number of sulfonamides is 1. The van der Waals surface area contributed by atoms with Gasteiger partial charge in [0.05, 0.1) is 5.25 Å². The Bertz CT molecular complexity index is 1240. The molecular formula is C17H17IN6O4S2. The van der Waals surface area contributed by atoms with Crippen molar-refractivity contribution < 1.29 is 17.9 Å². The van der Waals surface area contributed by atoms with E-state index in [0.717, 1.165) is 21.3 Å². The Labute approximate surface area is 190 Å². The van der Waals surface area contributed by atoms with Gasteiger partial charge in [-0.05, 0) is 47.6 Å². The molecule has 3 heterocycles. The number of rotatable bonds is 7. The normalized spacial score (nSPS) is 15.8. The summed E-state index contributed by atoms with van der Waals surface area (Å²) in [7, 11) is -3.27. The summed E-state index contributed by atoms with van der Waals surface area (Å²) in [4.78, 5) is 13.9. The highest BCUT2D eigenvalue weighted by Gasteiger charge is 2.35. The van der Waals surface area contributed by atoms with Crippen molar-refractivity contribution in [2.45, 2.75) is 34.7 Å². The van der Waals surface area contributed by atoms with Crippen LogP contribution in [0.25, 0.3) is 11.2 Å². The number of ether oxygens (including phenoxy) is 2. The number of anilines is 1. The molecule has 1 aliphatic heterocycles. The lowest BCUT2D eigenvalue weighted by atomic mass is 10.3. The molecule has 0 amide bonds. The van der Waals surface area contributed by atoms with E-state index in [9.17, 15) is 8.42 Å². The van der Waals surface area contributed by atoms with E-state index in [1.54, 1.807) is 0 Å². The number of aromatic nitrogens is 4. The quantitative estimate of drug-likeness (QED) is 0.416. The number of nitrogens with two attached hydrogens (primary N) is 1. The molecule has 0 spiro atoms. The molecule has 1 aliphatic carbocycles. The lowest BCUT2D eigenvalue weighted by molar-refractivity contribution is 0.174. The molecule has 1 fully saturated rings. The third kappa shape index (κ3) is 3.78. The van der Waals surface area contributed by atoms with E-state index in [1.807, 2.05) is 16.7 Å². The highest BCUT2D eigenvalue weighted by atomic mass is 127. The SMILES string of the molecule is Nc1ncnc2c1nc(Sc1cc3c(cc1I)OCO3)n2CCNS(=O)(=O)C1CC1. The second kappa shape index (κ2) is 7.69. The van der Waals surface area contributed by atoms with Gasteiger partial charge in [0.2, 0.25) is 16.8 Å². The van der Waals surface area contributed by atoms with E-state index in [-0.39, 0.29) is 24.4 Å². The molecule has 10 nitrogen and oxygen atoms in total. The largest absolute Gasteiger partial charge is 0.454 e. The number of nitrogens with one attached hydrogen (secondary N) is 1. The first kappa shape index (κ1) is 20.1. The van der Waals surface area contributed by atoms with Crippen molar-refractivity contribution in [1.29, 1.82) is 0 Å². The van der Waals surface area contributed by atoms with Crippen LogP contribution < -0.4 is 19.9 Å². The molecule has 30 heavy (non-hydrogen) atoms. The Hall–Kier alpha value is -1.84. The highest BCUT2D eigenvalue weighted by molar-refractivity contribution is 14.1. The number of fused-ring (bicyclic) bond motifs is 2. The predicted molar refractivity (Wildman–Crippen MR) is 119 cm³/mol. The van der Waals surface area contributed by atoms with Crippen molar-refractivity contribution in [1.82, 2.24) is 24.2 Å². The van der Waals surface area contributed by atoms with Crippen LogP contribution in [-0.2, 0) is 16.6 Å². The first-order valence-corrected chi connectivity index (χ1v) is 12.6. The van der Waals surface area contributed by atoms with Crippen LogP contribution in [0.2, 0.25) is 0 Å². The third-order valence-electron chi connectivity index (χ3n) is 4.76. The Morgan fingerprint density at radius 3 is 2.80 bits per heavy atom. The molecule has 3 aromatic rings. The third-order valence-corrected chi connectivity index (χ3v) is 9.02. The Kier molecular flexibility index (Phi) is 5.15. The maximum atomic E-state index is 12.2.